The Balaban J connectivity index is 3.30. The second-order valence-electron chi connectivity index (χ2n) is 5.57. The van der Waals surface area contributed by atoms with E-state index in [0.29, 0.717) is 5.75 Å². The number of aryl methyl sites for hydroxylation is 1. The first kappa shape index (κ1) is 17.5. The van der Waals surface area contributed by atoms with Crippen molar-refractivity contribution in [3.05, 3.63) is 28.8 Å². The minimum absolute atomic E-state index is 0.155. The van der Waals surface area contributed by atoms with E-state index in [1.54, 1.807) is 0 Å². The molecule has 1 N–H and O–H groups in total. The van der Waals surface area contributed by atoms with Gasteiger partial charge in [-0.1, -0.05) is 39.8 Å². The molecule has 0 aromatic heterocycles. The Kier molecular flexibility index (Phi) is 6.21. The maximum atomic E-state index is 11.6. The van der Waals surface area contributed by atoms with E-state index in [-0.39, 0.29) is 17.7 Å². The summed E-state index contributed by atoms with van der Waals surface area (Å²) in [6, 6.07) is 3.82. The zero-order chi connectivity index (χ0) is 16.2. The minimum Gasteiger partial charge on any atom is -0.478 e. The lowest BCUT2D eigenvalue weighted by Gasteiger charge is -2.29. The van der Waals surface area contributed by atoms with Crippen LogP contribution in [-0.2, 0) is 0 Å². The van der Waals surface area contributed by atoms with E-state index in [2.05, 4.69) is 18.7 Å². The van der Waals surface area contributed by atoms with Crippen molar-refractivity contribution in [3.8, 4) is 5.75 Å². The van der Waals surface area contributed by atoms with Crippen LogP contribution in [0, 0.1) is 6.92 Å². The van der Waals surface area contributed by atoms with Gasteiger partial charge < -0.3 is 9.84 Å². The summed E-state index contributed by atoms with van der Waals surface area (Å²) >= 11 is 0. The van der Waals surface area contributed by atoms with Crippen LogP contribution < -0.4 is 4.74 Å². The van der Waals surface area contributed by atoms with Crippen molar-refractivity contribution in [3.63, 3.8) is 0 Å². The Morgan fingerprint density at radius 2 is 1.81 bits per heavy atom. The van der Waals surface area contributed by atoms with Gasteiger partial charge in [0.25, 0.3) is 0 Å². The van der Waals surface area contributed by atoms with Crippen LogP contribution in [0.2, 0.25) is 0 Å². The summed E-state index contributed by atoms with van der Waals surface area (Å²) in [7, 11) is 0. The summed E-state index contributed by atoms with van der Waals surface area (Å²) in [6.45, 7) is 13.7. The van der Waals surface area contributed by atoms with E-state index in [1.807, 2.05) is 39.8 Å². The first-order valence-corrected chi connectivity index (χ1v) is 7.60. The van der Waals surface area contributed by atoms with Crippen LogP contribution in [0.1, 0.15) is 62.0 Å². The zero-order valence-electron chi connectivity index (χ0n) is 13.9. The van der Waals surface area contributed by atoms with Crippen molar-refractivity contribution in [2.75, 3.05) is 13.1 Å². The molecule has 0 aliphatic rings. The van der Waals surface area contributed by atoms with E-state index in [1.165, 1.54) is 0 Å². The Hall–Kier alpha value is -1.55. The summed E-state index contributed by atoms with van der Waals surface area (Å²) in [5.41, 5.74) is 1.95. The largest absolute Gasteiger partial charge is 0.478 e. The molecule has 0 heterocycles. The number of aromatic carboxylic acids is 1. The van der Waals surface area contributed by atoms with Gasteiger partial charge in [0.2, 0.25) is 0 Å². The predicted octanol–water partition coefficient (Wildman–Crippen LogP) is 3.88. The third-order valence-electron chi connectivity index (χ3n) is 3.85. The lowest BCUT2D eigenvalue weighted by atomic mass is 9.96. The van der Waals surface area contributed by atoms with E-state index in [0.717, 1.165) is 24.2 Å². The molecule has 0 saturated carbocycles. The second kappa shape index (κ2) is 7.46. The maximum absolute atomic E-state index is 11.6. The quantitative estimate of drug-likeness (QED) is 0.775. The molecule has 4 heteroatoms. The number of nitrogens with zero attached hydrogens (tertiary/aromatic N) is 1. The molecule has 1 atom stereocenters. The molecule has 1 rings (SSSR count). The summed E-state index contributed by atoms with van der Waals surface area (Å²) in [5.74, 6) is -0.212. The van der Waals surface area contributed by atoms with Gasteiger partial charge in [-0.05, 0) is 44.0 Å². The molecule has 0 aliphatic carbocycles. The van der Waals surface area contributed by atoms with E-state index >= 15 is 0 Å². The second-order valence-corrected chi connectivity index (χ2v) is 5.57. The van der Waals surface area contributed by atoms with E-state index < -0.39 is 5.97 Å². The lowest BCUT2D eigenvalue weighted by molar-refractivity contribution is 0.0442. The van der Waals surface area contributed by atoms with Crippen LogP contribution in [0.25, 0.3) is 0 Å². The zero-order valence-corrected chi connectivity index (χ0v) is 13.9. The van der Waals surface area contributed by atoms with Crippen molar-refractivity contribution < 1.29 is 14.6 Å². The SMILES string of the molecule is CCN(CC)C(C)Oc1c(C(C)C)ccc(C)c1C(=O)O. The number of carboxylic acid groups (broad SMARTS) is 1. The molecule has 0 spiro atoms. The smallest absolute Gasteiger partial charge is 0.339 e. The van der Waals surface area contributed by atoms with Crippen LogP contribution in [0.5, 0.6) is 5.75 Å². The first-order valence-electron chi connectivity index (χ1n) is 7.60. The first-order chi connectivity index (χ1) is 9.83. The van der Waals surface area contributed by atoms with E-state index in [4.69, 9.17) is 4.74 Å². The molecule has 118 valence electrons. The topological polar surface area (TPSA) is 49.8 Å². The van der Waals surface area contributed by atoms with E-state index in [9.17, 15) is 9.90 Å². The third kappa shape index (κ3) is 3.97. The fourth-order valence-corrected chi connectivity index (χ4v) is 2.53. The van der Waals surface area contributed by atoms with Crippen molar-refractivity contribution >= 4 is 5.97 Å². The van der Waals surface area contributed by atoms with Gasteiger partial charge in [-0.3, -0.25) is 4.90 Å². The number of carbonyl (C=O) groups is 1. The fraction of sp³-hybridized carbons (Fsp3) is 0.588. The highest BCUT2D eigenvalue weighted by atomic mass is 16.5. The van der Waals surface area contributed by atoms with Gasteiger partial charge in [-0.15, -0.1) is 0 Å². The number of carboxylic acids is 1. The predicted molar refractivity (Wildman–Crippen MR) is 85.2 cm³/mol. The van der Waals surface area contributed by atoms with Gasteiger partial charge in [-0.2, -0.15) is 0 Å². The highest BCUT2D eigenvalue weighted by molar-refractivity contribution is 5.93. The molecule has 0 fully saturated rings. The van der Waals surface area contributed by atoms with Crippen molar-refractivity contribution in [1.29, 1.82) is 0 Å². The fourth-order valence-electron chi connectivity index (χ4n) is 2.53. The van der Waals surface area contributed by atoms with Gasteiger partial charge in [0.15, 0.2) is 0 Å². The van der Waals surface area contributed by atoms with Crippen molar-refractivity contribution in [2.45, 2.75) is 53.7 Å². The summed E-state index contributed by atoms with van der Waals surface area (Å²) in [6.07, 6.45) is -0.155. The number of rotatable bonds is 7. The van der Waals surface area contributed by atoms with Gasteiger partial charge in [-0.25, -0.2) is 4.79 Å². The molecule has 0 aliphatic heterocycles. The van der Waals surface area contributed by atoms with Gasteiger partial charge >= 0.3 is 5.97 Å². The Labute approximate surface area is 127 Å². The van der Waals surface area contributed by atoms with Gasteiger partial charge in [0, 0.05) is 0 Å². The van der Waals surface area contributed by atoms with Crippen molar-refractivity contribution in [2.24, 2.45) is 0 Å². The summed E-state index contributed by atoms with van der Waals surface area (Å²) in [5, 5.41) is 9.52. The highest BCUT2D eigenvalue weighted by Gasteiger charge is 2.23. The molecular weight excluding hydrogens is 266 g/mol. The van der Waals surface area contributed by atoms with Crippen LogP contribution in [0.15, 0.2) is 12.1 Å². The molecule has 1 aromatic carbocycles. The molecular formula is C17H27NO3. The summed E-state index contributed by atoms with van der Waals surface area (Å²) in [4.78, 5) is 13.8. The van der Waals surface area contributed by atoms with Crippen LogP contribution >= 0.6 is 0 Å². The summed E-state index contributed by atoms with van der Waals surface area (Å²) < 4.78 is 6.07. The third-order valence-corrected chi connectivity index (χ3v) is 3.85. The lowest BCUT2D eigenvalue weighted by Crippen LogP contribution is -2.37. The normalized spacial score (nSPS) is 12.8. The van der Waals surface area contributed by atoms with Gasteiger partial charge in [0.1, 0.15) is 17.5 Å². The number of hydrogen-bond acceptors (Lipinski definition) is 3. The Morgan fingerprint density at radius 1 is 1.24 bits per heavy atom. The molecule has 21 heavy (non-hydrogen) atoms. The molecule has 0 radical (unpaired) electrons. The van der Waals surface area contributed by atoms with Crippen molar-refractivity contribution in [1.82, 2.24) is 4.90 Å². The monoisotopic (exact) mass is 293 g/mol. The molecule has 0 bridgehead atoms. The Morgan fingerprint density at radius 3 is 2.24 bits per heavy atom. The standard InChI is InChI=1S/C17H27NO3/c1-7-18(8-2)13(6)21-16-14(11(3)4)10-9-12(5)15(16)17(19)20/h9-11,13H,7-8H2,1-6H3,(H,19,20). The van der Waals surface area contributed by atoms with Crippen LogP contribution in [-0.4, -0.2) is 35.3 Å². The number of hydrogen-bond donors (Lipinski definition) is 1. The molecule has 1 unspecified atom stereocenters. The van der Waals surface area contributed by atoms with Crippen LogP contribution in [0.3, 0.4) is 0 Å². The average molecular weight is 293 g/mol. The molecule has 0 saturated heterocycles. The highest BCUT2D eigenvalue weighted by Crippen LogP contribution is 2.33. The molecule has 1 aromatic rings. The molecule has 0 amide bonds. The van der Waals surface area contributed by atoms with Crippen LogP contribution in [0.4, 0.5) is 0 Å². The maximum Gasteiger partial charge on any atom is 0.339 e. The average Bonchev–Trinajstić information content (AvgIpc) is 2.39. The number of benzene rings is 1. The Bertz CT molecular complexity index is 493. The minimum atomic E-state index is -0.934. The number of ether oxygens (including phenoxy) is 1. The molecule has 4 nitrogen and oxygen atoms in total. The van der Waals surface area contributed by atoms with Gasteiger partial charge in [0.05, 0.1) is 0 Å².